The van der Waals surface area contributed by atoms with Crippen LogP contribution in [0.4, 0.5) is 5.69 Å². The summed E-state index contributed by atoms with van der Waals surface area (Å²) in [6, 6.07) is 35.9. The molecule has 0 spiro atoms. The first-order chi connectivity index (χ1) is 14.8. The van der Waals surface area contributed by atoms with Gasteiger partial charge in [-0.1, -0.05) is 36.4 Å². The minimum Gasteiger partial charge on any atom is -0.457 e. The smallest absolute Gasteiger partial charge is 0.227 e. The van der Waals surface area contributed by atoms with E-state index in [0.717, 1.165) is 22.7 Å². The normalized spacial score (nSPS) is 10.8. The molecule has 0 heterocycles. The zero-order chi connectivity index (χ0) is 20.6. The SMILES string of the molecule is N#Cc1ccc(OC(=Nc2ccc(Oc3ccccc3)cc2)c2ccccc2)cc1. The highest BCUT2D eigenvalue weighted by Gasteiger charge is 2.08. The standard InChI is InChI=1S/C26H18N2O2/c27-19-20-11-15-25(16-12-20)30-26(21-7-3-1-4-8-21)28-22-13-17-24(18-14-22)29-23-9-5-2-6-10-23/h1-18H. The minimum atomic E-state index is 0.469. The molecule has 0 fully saturated rings. The Hall–Kier alpha value is -4.36. The monoisotopic (exact) mass is 390 g/mol. The van der Waals surface area contributed by atoms with E-state index in [1.54, 1.807) is 24.3 Å². The van der Waals surface area contributed by atoms with Gasteiger partial charge in [0, 0.05) is 5.56 Å². The van der Waals surface area contributed by atoms with Gasteiger partial charge in [0.1, 0.15) is 17.2 Å². The molecule has 30 heavy (non-hydrogen) atoms. The van der Waals surface area contributed by atoms with Gasteiger partial charge >= 0.3 is 0 Å². The van der Waals surface area contributed by atoms with Gasteiger partial charge in [-0.15, -0.1) is 0 Å². The van der Waals surface area contributed by atoms with Crippen LogP contribution in [0.5, 0.6) is 17.2 Å². The van der Waals surface area contributed by atoms with Crippen LogP contribution in [0, 0.1) is 11.3 Å². The molecular formula is C26H18N2O2. The van der Waals surface area contributed by atoms with Crippen LogP contribution in [0.1, 0.15) is 11.1 Å². The van der Waals surface area contributed by atoms with E-state index in [-0.39, 0.29) is 0 Å². The van der Waals surface area contributed by atoms with E-state index in [9.17, 15) is 0 Å². The average Bonchev–Trinajstić information content (AvgIpc) is 2.81. The van der Waals surface area contributed by atoms with Crippen molar-refractivity contribution in [3.05, 3.63) is 120 Å². The average molecular weight is 390 g/mol. The zero-order valence-corrected chi connectivity index (χ0v) is 16.1. The van der Waals surface area contributed by atoms with E-state index in [4.69, 9.17) is 14.7 Å². The van der Waals surface area contributed by atoms with Crippen LogP contribution in [0.25, 0.3) is 0 Å². The van der Waals surface area contributed by atoms with Crippen molar-refractivity contribution in [1.82, 2.24) is 0 Å². The molecular weight excluding hydrogens is 372 g/mol. The van der Waals surface area contributed by atoms with Crippen molar-refractivity contribution in [2.24, 2.45) is 4.99 Å². The Bertz CT molecular complexity index is 1160. The molecule has 0 aliphatic rings. The first-order valence-corrected chi connectivity index (χ1v) is 9.45. The van der Waals surface area contributed by atoms with Gasteiger partial charge in [0.2, 0.25) is 5.90 Å². The molecule has 0 bridgehead atoms. The molecule has 0 saturated heterocycles. The Balaban J connectivity index is 1.59. The molecule has 4 rings (SSSR count). The van der Waals surface area contributed by atoms with Gasteiger partial charge in [0.25, 0.3) is 0 Å². The predicted octanol–water partition coefficient (Wildman–Crippen LogP) is 6.51. The highest BCUT2D eigenvalue weighted by Crippen LogP contribution is 2.25. The molecule has 4 heteroatoms. The molecule has 0 amide bonds. The highest BCUT2D eigenvalue weighted by molar-refractivity contribution is 5.97. The van der Waals surface area contributed by atoms with Gasteiger partial charge in [-0.2, -0.15) is 5.26 Å². The Morgan fingerprint density at radius 2 is 1.20 bits per heavy atom. The van der Waals surface area contributed by atoms with E-state index in [1.165, 1.54) is 0 Å². The summed E-state index contributed by atoms with van der Waals surface area (Å²) in [6.07, 6.45) is 0. The second-order valence-corrected chi connectivity index (χ2v) is 6.43. The third-order valence-electron chi connectivity index (χ3n) is 4.26. The molecule has 0 aliphatic carbocycles. The molecule has 4 aromatic carbocycles. The summed E-state index contributed by atoms with van der Waals surface area (Å²) >= 11 is 0. The number of hydrogen-bond acceptors (Lipinski definition) is 4. The first kappa shape index (κ1) is 19.0. The molecule has 0 aromatic heterocycles. The maximum absolute atomic E-state index is 8.97. The lowest BCUT2D eigenvalue weighted by molar-refractivity contribution is 0.482. The lowest BCUT2D eigenvalue weighted by atomic mass is 10.2. The summed E-state index contributed by atoms with van der Waals surface area (Å²) in [5, 5.41) is 8.97. The van der Waals surface area contributed by atoms with Crippen molar-refractivity contribution < 1.29 is 9.47 Å². The highest BCUT2D eigenvalue weighted by atomic mass is 16.5. The van der Waals surface area contributed by atoms with E-state index < -0.39 is 0 Å². The number of ether oxygens (including phenoxy) is 2. The van der Waals surface area contributed by atoms with Crippen molar-refractivity contribution >= 4 is 11.6 Å². The molecule has 4 nitrogen and oxygen atoms in total. The number of rotatable bonds is 5. The van der Waals surface area contributed by atoms with Crippen LogP contribution >= 0.6 is 0 Å². The van der Waals surface area contributed by atoms with E-state index in [2.05, 4.69) is 11.1 Å². The lowest BCUT2D eigenvalue weighted by Crippen LogP contribution is -2.10. The molecule has 0 aliphatic heterocycles. The molecule has 0 unspecified atom stereocenters. The van der Waals surface area contributed by atoms with Crippen LogP contribution in [0.2, 0.25) is 0 Å². The molecule has 0 radical (unpaired) electrons. The summed E-state index contributed by atoms with van der Waals surface area (Å²) in [5.74, 6) is 2.59. The van der Waals surface area contributed by atoms with E-state index in [0.29, 0.717) is 17.2 Å². The van der Waals surface area contributed by atoms with Gasteiger partial charge in [0.15, 0.2) is 0 Å². The van der Waals surface area contributed by atoms with Gasteiger partial charge in [-0.25, -0.2) is 4.99 Å². The Labute approximate surface area is 175 Å². The Kier molecular flexibility index (Phi) is 5.83. The topological polar surface area (TPSA) is 54.6 Å². The largest absolute Gasteiger partial charge is 0.457 e. The van der Waals surface area contributed by atoms with Gasteiger partial charge < -0.3 is 9.47 Å². The molecule has 144 valence electrons. The number of hydrogen-bond donors (Lipinski definition) is 0. The van der Waals surface area contributed by atoms with E-state index >= 15 is 0 Å². The summed E-state index contributed by atoms with van der Waals surface area (Å²) in [6.45, 7) is 0. The second kappa shape index (κ2) is 9.22. The summed E-state index contributed by atoms with van der Waals surface area (Å²) in [5.41, 5.74) is 2.17. The third kappa shape index (κ3) is 4.92. The maximum atomic E-state index is 8.97. The van der Waals surface area contributed by atoms with Crippen LogP contribution in [-0.4, -0.2) is 5.90 Å². The van der Waals surface area contributed by atoms with Crippen LogP contribution in [0.15, 0.2) is 114 Å². The Morgan fingerprint density at radius 3 is 1.83 bits per heavy atom. The number of nitrogens with zero attached hydrogens (tertiary/aromatic N) is 2. The fourth-order valence-corrected chi connectivity index (χ4v) is 2.77. The molecule has 4 aromatic rings. The van der Waals surface area contributed by atoms with Gasteiger partial charge in [-0.05, 0) is 72.8 Å². The summed E-state index contributed by atoms with van der Waals surface area (Å²) in [7, 11) is 0. The van der Waals surface area contributed by atoms with Gasteiger partial charge in [-0.3, -0.25) is 0 Å². The number of benzene rings is 4. The fraction of sp³-hybridized carbons (Fsp3) is 0. The zero-order valence-electron chi connectivity index (χ0n) is 16.1. The second-order valence-electron chi connectivity index (χ2n) is 6.43. The number of nitriles is 1. The van der Waals surface area contributed by atoms with Crippen molar-refractivity contribution in [3.63, 3.8) is 0 Å². The van der Waals surface area contributed by atoms with Crippen molar-refractivity contribution in [1.29, 1.82) is 5.26 Å². The summed E-state index contributed by atoms with van der Waals surface area (Å²) in [4.78, 5) is 4.69. The molecule has 0 N–H and O–H groups in total. The van der Waals surface area contributed by atoms with E-state index in [1.807, 2.05) is 84.9 Å². The van der Waals surface area contributed by atoms with Crippen LogP contribution in [0.3, 0.4) is 0 Å². The number of aliphatic imine (C=N–C) groups is 1. The minimum absolute atomic E-state index is 0.469. The van der Waals surface area contributed by atoms with Crippen molar-refractivity contribution in [3.8, 4) is 23.3 Å². The molecule has 0 saturated carbocycles. The lowest BCUT2D eigenvalue weighted by Gasteiger charge is -2.10. The van der Waals surface area contributed by atoms with Crippen molar-refractivity contribution in [2.75, 3.05) is 0 Å². The summed E-state index contributed by atoms with van der Waals surface area (Å²) < 4.78 is 11.9. The Morgan fingerprint density at radius 1 is 0.633 bits per heavy atom. The van der Waals surface area contributed by atoms with Crippen molar-refractivity contribution in [2.45, 2.75) is 0 Å². The predicted molar refractivity (Wildman–Crippen MR) is 117 cm³/mol. The quantitative estimate of drug-likeness (QED) is 0.288. The molecule has 0 atom stereocenters. The van der Waals surface area contributed by atoms with Crippen LogP contribution in [-0.2, 0) is 0 Å². The maximum Gasteiger partial charge on any atom is 0.227 e. The van der Waals surface area contributed by atoms with Crippen LogP contribution < -0.4 is 9.47 Å². The number of para-hydroxylation sites is 1. The first-order valence-electron chi connectivity index (χ1n) is 9.45. The fourth-order valence-electron chi connectivity index (χ4n) is 2.77. The third-order valence-corrected chi connectivity index (χ3v) is 4.26. The van der Waals surface area contributed by atoms with Gasteiger partial charge in [0.05, 0.1) is 17.3 Å².